The molecule has 3 rings (SSSR count). The van der Waals surface area contributed by atoms with Crippen molar-refractivity contribution in [3.8, 4) is 11.1 Å². The molecule has 0 aliphatic carbocycles. The van der Waals surface area contributed by atoms with Gasteiger partial charge in [0.25, 0.3) is 0 Å². The third kappa shape index (κ3) is 1.81. The summed E-state index contributed by atoms with van der Waals surface area (Å²) in [5.41, 5.74) is 3.26. The van der Waals surface area contributed by atoms with Crippen molar-refractivity contribution in [2.45, 2.75) is 0 Å². The van der Waals surface area contributed by atoms with E-state index in [0.29, 0.717) is 5.46 Å². The number of hydrogen-bond acceptors (Lipinski definition) is 3. The van der Waals surface area contributed by atoms with Crippen LogP contribution in [-0.4, -0.2) is 17.2 Å². The van der Waals surface area contributed by atoms with Gasteiger partial charge in [0.2, 0.25) is 0 Å². The molecule has 0 saturated carbocycles. The van der Waals surface area contributed by atoms with E-state index in [-0.39, 0.29) is 0 Å². The lowest BCUT2D eigenvalue weighted by molar-refractivity contribution is 0.426. The van der Waals surface area contributed by atoms with Gasteiger partial charge in [0.1, 0.15) is 5.58 Å². The minimum atomic E-state index is -1.45. The van der Waals surface area contributed by atoms with Crippen LogP contribution in [-0.2, 0) is 0 Å². The van der Waals surface area contributed by atoms with Crippen LogP contribution in [0.1, 0.15) is 0 Å². The van der Waals surface area contributed by atoms with Crippen LogP contribution in [0.15, 0.2) is 59.2 Å². The van der Waals surface area contributed by atoms with Crippen molar-refractivity contribution in [3.63, 3.8) is 0 Å². The topological polar surface area (TPSA) is 53.6 Å². The summed E-state index contributed by atoms with van der Waals surface area (Å²) >= 11 is 0. The molecule has 0 atom stereocenters. The number of furan rings is 1. The number of hydrogen-bond donors (Lipinski definition) is 2. The molecule has 88 valence electrons. The molecular weight excluding hydrogens is 227 g/mol. The van der Waals surface area contributed by atoms with Crippen LogP contribution >= 0.6 is 0 Å². The lowest BCUT2D eigenvalue weighted by atomic mass is 9.79. The first kappa shape index (κ1) is 11.1. The molecule has 18 heavy (non-hydrogen) atoms. The molecule has 1 aromatic heterocycles. The fourth-order valence-electron chi connectivity index (χ4n) is 2.11. The van der Waals surface area contributed by atoms with Crippen molar-refractivity contribution in [3.05, 3.63) is 54.8 Å². The highest BCUT2D eigenvalue weighted by Gasteiger charge is 2.12. The van der Waals surface area contributed by atoms with Crippen LogP contribution in [0.25, 0.3) is 22.1 Å². The van der Waals surface area contributed by atoms with E-state index in [1.54, 1.807) is 18.4 Å². The molecule has 0 bridgehead atoms. The van der Waals surface area contributed by atoms with Gasteiger partial charge >= 0.3 is 7.12 Å². The maximum absolute atomic E-state index is 9.21. The summed E-state index contributed by atoms with van der Waals surface area (Å²) in [5.74, 6) is 0. The summed E-state index contributed by atoms with van der Waals surface area (Å²) in [6.45, 7) is 0. The lowest BCUT2D eigenvalue weighted by Crippen LogP contribution is -2.29. The molecule has 0 spiro atoms. The third-order valence-corrected chi connectivity index (χ3v) is 2.99. The van der Waals surface area contributed by atoms with Crippen LogP contribution in [0.5, 0.6) is 0 Å². The zero-order chi connectivity index (χ0) is 12.5. The zero-order valence-electron chi connectivity index (χ0n) is 9.58. The Labute approximate surface area is 104 Å². The van der Waals surface area contributed by atoms with Crippen LogP contribution < -0.4 is 5.46 Å². The van der Waals surface area contributed by atoms with E-state index in [0.717, 1.165) is 22.1 Å². The van der Waals surface area contributed by atoms with Crippen LogP contribution in [0, 0.1) is 0 Å². The zero-order valence-corrected chi connectivity index (χ0v) is 9.58. The van der Waals surface area contributed by atoms with Crippen molar-refractivity contribution in [2.75, 3.05) is 0 Å². The summed E-state index contributed by atoms with van der Waals surface area (Å²) in [7, 11) is -1.45. The summed E-state index contributed by atoms with van der Waals surface area (Å²) in [6.07, 6.45) is 1.65. The quantitative estimate of drug-likeness (QED) is 0.669. The van der Waals surface area contributed by atoms with Gasteiger partial charge in [-0.2, -0.15) is 0 Å². The Balaban J connectivity index is 2.20. The van der Waals surface area contributed by atoms with Gasteiger partial charge in [-0.05, 0) is 28.7 Å². The van der Waals surface area contributed by atoms with Gasteiger partial charge in [-0.25, -0.2) is 0 Å². The molecule has 0 radical (unpaired) electrons. The molecular formula is C14H11BO3. The average Bonchev–Trinajstić information content (AvgIpc) is 2.87. The first-order valence-electron chi connectivity index (χ1n) is 5.68. The van der Waals surface area contributed by atoms with Crippen molar-refractivity contribution in [2.24, 2.45) is 0 Å². The fraction of sp³-hybridized carbons (Fsp3) is 0. The van der Waals surface area contributed by atoms with Gasteiger partial charge in [0.15, 0.2) is 0 Å². The minimum absolute atomic E-state index is 0.480. The Morgan fingerprint density at radius 2 is 1.78 bits per heavy atom. The Bertz CT molecular complexity index is 688. The molecule has 2 N–H and O–H groups in total. The molecule has 3 nitrogen and oxygen atoms in total. The van der Waals surface area contributed by atoms with E-state index in [4.69, 9.17) is 4.42 Å². The SMILES string of the molecule is OB(O)c1cccc(-c2cccc3occc23)c1. The van der Waals surface area contributed by atoms with Crippen LogP contribution in [0.4, 0.5) is 0 Å². The highest BCUT2D eigenvalue weighted by atomic mass is 16.4. The molecule has 3 aromatic rings. The molecule has 0 aliphatic heterocycles. The second-order valence-corrected chi connectivity index (χ2v) is 4.14. The minimum Gasteiger partial charge on any atom is -0.464 e. The van der Waals surface area contributed by atoms with E-state index in [1.165, 1.54) is 0 Å². The predicted molar refractivity (Wildman–Crippen MR) is 71.5 cm³/mol. The smallest absolute Gasteiger partial charge is 0.464 e. The van der Waals surface area contributed by atoms with Gasteiger partial charge in [-0.3, -0.25) is 0 Å². The van der Waals surface area contributed by atoms with Crippen molar-refractivity contribution in [1.82, 2.24) is 0 Å². The summed E-state index contributed by atoms with van der Waals surface area (Å²) in [4.78, 5) is 0. The standard InChI is InChI=1S/C14H11BO3/c16-15(17)11-4-1-3-10(9-11)12-5-2-6-14-13(12)7-8-18-14/h1-9,16-17H. The van der Waals surface area contributed by atoms with E-state index >= 15 is 0 Å². The van der Waals surface area contributed by atoms with E-state index in [9.17, 15) is 10.0 Å². The Hall–Kier alpha value is -2.04. The molecule has 0 unspecified atom stereocenters. The second kappa shape index (κ2) is 4.33. The Kier molecular flexibility index (Phi) is 2.66. The van der Waals surface area contributed by atoms with E-state index in [1.807, 2.05) is 36.4 Å². The number of rotatable bonds is 2. The fourth-order valence-corrected chi connectivity index (χ4v) is 2.11. The van der Waals surface area contributed by atoms with Gasteiger partial charge in [-0.1, -0.05) is 36.4 Å². The third-order valence-electron chi connectivity index (χ3n) is 2.99. The molecule has 2 aromatic carbocycles. The summed E-state index contributed by atoms with van der Waals surface area (Å²) in [6, 6.07) is 14.9. The van der Waals surface area contributed by atoms with E-state index in [2.05, 4.69) is 0 Å². The largest absolute Gasteiger partial charge is 0.488 e. The second-order valence-electron chi connectivity index (χ2n) is 4.14. The van der Waals surface area contributed by atoms with Crippen molar-refractivity contribution in [1.29, 1.82) is 0 Å². The molecule has 1 heterocycles. The van der Waals surface area contributed by atoms with Crippen molar-refractivity contribution < 1.29 is 14.5 Å². The molecule has 0 saturated heterocycles. The molecule has 0 aliphatic rings. The Morgan fingerprint density at radius 3 is 2.61 bits per heavy atom. The highest BCUT2D eigenvalue weighted by molar-refractivity contribution is 6.58. The van der Waals surface area contributed by atoms with Gasteiger partial charge in [-0.15, -0.1) is 0 Å². The average molecular weight is 238 g/mol. The van der Waals surface area contributed by atoms with Crippen LogP contribution in [0.3, 0.4) is 0 Å². The number of fused-ring (bicyclic) bond motifs is 1. The van der Waals surface area contributed by atoms with Gasteiger partial charge in [0.05, 0.1) is 6.26 Å². The van der Waals surface area contributed by atoms with Gasteiger partial charge < -0.3 is 14.5 Å². The summed E-state index contributed by atoms with van der Waals surface area (Å²) < 4.78 is 5.36. The first-order chi connectivity index (χ1) is 8.75. The first-order valence-corrected chi connectivity index (χ1v) is 5.68. The maximum Gasteiger partial charge on any atom is 0.488 e. The lowest BCUT2D eigenvalue weighted by Gasteiger charge is -2.06. The number of benzene rings is 2. The van der Waals surface area contributed by atoms with Crippen molar-refractivity contribution >= 4 is 23.6 Å². The van der Waals surface area contributed by atoms with E-state index < -0.39 is 7.12 Å². The Morgan fingerprint density at radius 1 is 0.944 bits per heavy atom. The van der Waals surface area contributed by atoms with Gasteiger partial charge in [0, 0.05) is 5.39 Å². The molecule has 4 heteroatoms. The van der Waals surface area contributed by atoms with Crippen LogP contribution in [0.2, 0.25) is 0 Å². The summed E-state index contributed by atoms with van der Waals surface area (Å²) in [5, 5.41) is 19.4. The molecule has 0 fully saturated rings. The highest BCUT2D eigenvalue weighted by Crippen LogP contribution is 2.28. The monoisotopic (exact) mass is 238 g/mol. The molecule has 0 amide bonds. The predicted octanol–water partition coefficient (Wildman–Crippen LogP) is 1.78. The maximum atomic E-state index is 9.21. The normalized spacial score (nSPS) is 10.8.